The van der Waals surface area contributed by atoms with Crippen molar-refractivity contribution in [3.05, 3.63) is 231 Å². The average Bonchev–Trinajstić information content (AvgIpc) is 3.30. The summed E-state index contributed by atoms with van der Waals surface area (Å²) in [5.74, 6) is 0. The van der Waals surface area contributed by atoms with E-state index in [1.165, 1.54) is 66.8 Å². The van der Waals surface area contributed by atoms with E-state index < -0.39 is 18.4 Å². The molecule has 0 radical (unpaired) electrons. The van der Waals surface area contributed by atoms with Gasteiger partial charge in [-0.15, -0.1) is 0 Å². The zero-order valence-electron chi connectivity index (χ0n) is 33.9. The molecule has 0 unspecified atom stereocenters. The van der Waals surface area contributed by atoms with Crippen LogP contribution in [-0.2, 0) is 0 Å². The Kier molecular flexibility index (Phi) is 10.9. The van der Waals surface area contributed by atoms with Gasteiger partial charge < -0.3 is 0 Å². The molecule has 59 heavy (non-hydrogen) atoms. The van der Waals surface area contributed by atoms with E-state index in [-0.39, 0.29) is 0 Å². The predicted octanol–water partition coefficient (Wildman–Crippen LogP) is 15.7. The normalized spacial score (nSPS) is 11.3. The quantitative estimate of drug-likeness (QED) is 0.124. The van der Waals surface area contributed by atoms with Crippen molar-refractivity contribution in [3.8, 4) is 66.8 Å². The van der Waals surface area contributed by atoms with Gasteiger partial charge in [-0.2, -0.15) is 0 Å². The number of hydrogen-bond donors (Lipinski definition) is 0. The zero-order chi connectivity index (χ0) is 40.2. The predicted molar refractivity (Wildman–Crippen MR) is 257 cm³/mol. The summed E-state index contributed by atoms with van der Waals surface area (Å²) >= 11 is -2.11. The maximum absolute atomic E-state index is 2.47. The standard InChI is InChI=1S/C54H38N.3CH3.Sn/c1-4-13-40(14-5-1)46-19-10-22-49(37-46)43-25-31-52(32-26-43)55(53-33-27-44(28-34-53)50-23-11-20-47(38-50)41-15-6-2-7-16-41)54-35-29-45(30-36-54)51-24-12-21-48(39-51)42-17-8-3-9-18-42;;;;/h1-2,4-39H;3*1H3;. The molecule has 0 N–H and O–H groups in total. The van der Waals surface area contributed by atoms with E-state index in [1.54, 1.807) is 3.58 Å². The Bertz CT molecular complexity index is 2670. The van der Waals surface area contributed by atoms with Gasteiger partial charge >= 0.3 is 142 Å². The summed E-state index contributed by atoms with van der Waals surface area (Å²) in [6.07, 6.45) is 0. The summed E-state index contributed by atoms with van der Waals surface area (Å²) in [7, 11) is 0. The average molecular weight is 865 g/mol. The third-order valence-electron chi connectivity index (χ3n) is 11.3. The van der Waals surface area contributed by atoms with Crippen molar-refractivity contribution < 1.29 is 0 Å². The summed E-state index contributed by atoms with van der Waals surface area (Å²) in [5, 5.41) is 0. The molecule has 0 aliphatic heterocycles. The molecule has 0 bridgehead atoms. The molecule has 1 nitrogen and oxygen atoms in total. The van der Waals surface area contributed by atoms with Gasteiger partial charge in [0, 0.05) is 11.4 Å². The summed E-state index contributed by atoms with van der Waals surface area (Å²) in [6, 6.07) is 84.0. The van der Waals surface area contributed by atoms with Gasteiger partial charge in [0.05, 0.1) is 0 Å². The number of nitrogens with zero attached hydrogens (tertiary/aromatic N) is 1. The fourth-order valence-electron chi connectivity index (χ4n) is 7.91. The van der Waals surface area contributed by atoms with E-state index in [0.29, 0.717) is 0 Å². The van der Waals surface area contributed by atoms with Crippen LogP contribution in [0.3, 0.4) is 0 Å². The van der Waals surface area contributed by atoms with Crippen molar-refractivity contribution in [2.24, 2.45) is 0 Å². The Balaban J connectivity index is 1.05. The number of anilines is 3. The number of rotatable bonds is 10. The Morgan fingerprint density at radius 2 is 0.475 bits per heavy atom. The third-order valence-corrected chi connectivity index (χ3v) is 17.2. The molecule has 0 atom stereocenters. The van der Waals surface area contributed by atoms with E-state index in [9.17, 15) is 0 Å². The Hall–Kier alpha value is -6.42. The van der Waals surface area contributed by atoms with E-state index in [2.05, 4.69) is 250 Å². The molecule has 284 valence electrons. The first-order valence-corrected chi connectivity index (χ1v) is 30.5. The molecule has 0 saturated carbocycles. The molecule has 0 aliphatic rings. The maximum atomic E-state index is 2.47. The second-order valence-corrected chi connectivity index (χ2v) is 30.8. The summed E-state index contributed by atoms with van der Waals surface area (Å²) in [5.41, 5.74) is 17.9. The molecule has 9 aromatic carbocycles. The summed E-state index contributed by atoms with van der Waals surface area (Å²) in [6.45, 7) is 0. The Morgan fingerprint density at radius 3 is 0.746 bits per heavy atom. The Morgan fingerprint density at radius 1 is 0.237 bits per heavy atom. The van der Waals surface area contributed by atoms with Gasteiger partial charge in [-0.25, -0.2) is 0 Å². The van der Waals surface area contributed by atoms with Crippen molar-refractivity contribution in [2.75, 3.05) is 4.90 Å². The molecule has 0 fully saturated rings. The van der Waals surface area contributed by atoms with Gasteiger partial charge in [0.2, 0.25) is 0 Å². The monoisotopic (exact) mass is 865 g/mol. The Labute approximate surface area is 353 Å². The molecular weight excluding hydrogens is 817 g/mol. The first-order chi connectivity index (χ1) is 28.9. The SMILES string of the molecule is [CH3][Sn]([CH3])([CH3])[c]1ccc(-c2cccc(-c3ccc(N(c4ccc(-c5cccc(-c6ccccc6)c5)cc4)c4ccc(-c5cccc(-c6ccccc6)c5)cc4)cc3)c2)cc1. The van der Waals surface area contributed by atoms with Crippen LogP contribution in [0.15, 0.2) is 231 Å². The molecule has 0 spiro atoms. The van der Waals surface area contributed by atoms with Crippen LogP contribution in [-0.4, -0.2) is 18.4 Å². The van der Waals surface area contributed by atoms with Crippen LogP contribution < -0.4 is 8.48 Å². The van der Waals surface area contributed by atoms with Crippen molar-refractivity contribution in [2.45, 2.75) is 14.8 Å². The fraction of sp³-hybridized carbons (Fsp3) is 0.0526. The molecule has 9 rings (SSSR count). The van der Waals surface area contributed by atoms with Gasteiger partial charge in [0.1, 0.15) is 0 Å². The fourth-order valence-corrected chi connectivity index (χ4v) is 11.2. The molecule has 2 heteroatoms. The molecule has 9 aromatic rings. The second kappa shape index (κ2) is 16.8. The van der Waals surface area contributed by atoms with Crippen LogP contribution in [0.2, 0.25) is 14.8 Å². The van der Waals surface area contributed by atoms with E-state index in [0.717, 1.165) is 17.1 Å². The van der Waals surface area contributed by atoms with Crippen LogP contribution in [0.1, 0.15) is 0 Å². The number of benzene rings is 9. The van der Waals surface area contributed by atoms with Gasteiger partial charge in [0.25, 0.3) is 0 Å². The van der Waals surface area contributed by atoms with Gasteiger partial charge in [-0.1, -0.05) is 121 Å². The van der Waals surface area contributed by atoms with Crippen LogP contribution in [0.4, 0.5) is 17.1 Å². The van der Waals surface area contributed by atoms with Crippen molar-refractivity contribution >= 4 is 39.0 Å². The van der Waals surface area contributed by atoms with Crippen LogP contribution >= 0.6 is 0 Å². The summed E-state index contributed by atoms with van der Waals surface area (Å²) in [4.78, 5) is 9.77. The molecule has 0 aromatic heterocycles. The van der Waals surface area contributed by atoms with Gasteiger partial charge in [-0.05, 0) is 80.9 Å². The molecule has 0 saturated heterocycles. The van der Waals surface area contributed by atoms with Crippen LogP contribution in [0, 0.1) is 0 Å². The van der Waals surface area contributed by atoms with Crippen molar-refractivity contribution in [1.29, 1.82) is 0 Å². The molecular formula is C57H47NSn. The number of hydrogen-bond acceptors (Lipinski definition) is 1. The molecule has 0 aliphatic carbocycles. The van der Waals surface area contributed by atoms with E-state index in [4.69, 9.17) is 0 Å². The van der Waals surface area contributed by atoms with Crippen LogP contribution in [0.5, 0.6) is 0 Å². The van der Waals surface area contributed by atoms with Crippen LogP contribution in [0.25, 0.3) is 66.8 Å². The molecule has 0 heterocycles. The van der Waals surface area contributed by atoms with Crippen molar-refractivity contribution in [1.82, 2.24) is 0 Å². The van der Waals surface area contributed by atoms with E-state index in [1.807, 2.05) is 0 Å². The summed E-state index contributed by atoms with van der Waals surface area (Å²) < 4.78 is 1.55. The third kappa shape index (κ3) is 8.58. The topological polar surface area (TPSA) is 3.24 Å². The first kappa shape index (κ1) is 38.1. The van der Waals surface area contributed by atoms with Gasteiger partial charge in [0.15, 0.2) is 0 Å². The first-order valence-electron chi connectivity index (χ1n) is 20.5. The minimum atomic E-state index is -2.11. The van der Waals surface area contributed by atoms with Gasteiger partial charge in [-0.3, -0.25) is 0 Å². The van der Waals surface area contributed by atoms with E-state index >= 15 is 0 Å². The minimum absolute atomic E-state index is 1.10. The molecule has 0 amide bonds. The zero-order valence-corrected chi connectivity index (χ0v) is 36.7. The second-order valence-electron chi connectivity index (χ2n) is 16.3. The van der Waals surface area contributed by atoms with Crippen molar-refractivity contribution in [3.63, 3.8) is 0 Å².